The topological polar surface area (TPSA) is 25.0 Å². The van der Waals surface area contributed by atoms with Gasteiger partial charge in [0.25, 0.3) is 0 Å². The van der Waals surface area contributed by atoms with Gasteiger partial charge in [0.15, 0.2) is 0 Å². The van der Waals surface area contributed by atoms with Gasteiger partial charge in [0.1, 0.15) is 0 Å². The Bertz CT molecular complexity index is 670. The molecule has 0 radical (unpaired) electrons. The first-order chi connectivity index (χ1) is 19.2. The molecule has 2 aliphatic carbocycles. The lowest BCUT2D eigenvalue weighted by molar-refractivity contribution is -0.0308. The molecule has 0 aromatic rings. The van der Waals surface area contributed by atoms with E-state index in [1.54, 1.807) is 0 Å². The van der Waals surface area contributed by atoms with Gasteiger partial charge in [0.2, 0.25) is 0 Å². The second-order valence-electron chi connectivity index (χ2n) is 15.6. The monoisotopic (exact) mass is 560 g/mol. The normalized spacial score (nSPS) is 26.9. The molecule has 0 aromatic carbocycles. The summed E-state index contributed by atoms with van der Waals surface area (Å²) in [4.78, 5) is 10.7. The van der Waals surface area contributed by atoms with E-state index in [9.17, 15) is 0 Å². The van der Waals surface area contributed by atoms with Gasteiger partial charge in [0.05, 0.1) is 0 Å². The van der Waals surface area contributed by atoms with Gasteiger partial charge in [-0.3, -0.25) is 14.7 Å². The maximum absolute atomic E-state index is 3.51. The summed E-state index contributed by atoms with van der Waals surface area (Å²) in [5.41, 5.74) is 0.739. The Morgan fingerprint density at radius 2 is 1.30 bits per heavy atom. The lowest BCUT2D eigenvalue weighted by Gasteiger charge is -2.53. The van der Waals surface area contributed by atoms with Crippen LogP contribution in [-0.4, -0.2) is 110 Å². The zero-order valence-corrected chi connectivity index (χ0v) is 27.8. The predicted octanol–water partition coefficient (Wildman–Crippen LogP) is 6.19. The van der Waals surface area contributed by atoms with Crippen LogP contribution in [0.1, 0.15) is 112 Å². The van der Waals surface area contributed by atoms with Crippen LogP contribution < -0.4 is 5.32 Å². The minimum atomic E-state index is 0.618. The fraction of sp³-hybridized carbons (Fsp3) is 1.00. The van der Waals surface area contributed by atoms with Gasteiger partial charge < -0.3 is 10.2 Å². The molecule has 5 heteroatoms. The van der Waals surface area contributed by atoms with Gasteiger partial charge in [-0.05, 0) is 101 Å². The van der Waals surface area contributed by atoms with Crippen molar-refractivity contribution >= 4 is 0 Å². The van der Waals surface area contributed by atoms with Gasteiger partial charge in [-0.15, -0.1) is 0 Å². The molecule has 5 rings (SSSR count). The summed E-state index contributed by atoms with van der Waals surface area (Å²) in [5.74, 6) is 2.92. The molecule has 3 heterocycles. The minimum absolute atomic E-state index is 0.618. The maximum Gasteiger partial charge on any atom is 0.0350 e. The molecule has 0 amide bonds. The van der Waals surface area contributed by atoms with Gasteiger partial charge in [-0.25, -0.2) is 0 Å². The number of piperazine rings is 1. The summed E-state index contributed by atoms with van der Waals surface area (Å²) in [6.45, 7) is 28.2. The number of hydrogen-bond donors (Lipinski definition) is 1. The van der Waals surface area contributed by atoms with Gasteiger partial charge in [-0.1, -0.05) is 47.0 Å². The van der Waals surface area contributed by atoms with Crippen molar-refractivity contribution in [3.8, 4) is 0 Å². The van der Waals surface area contributed by atoms with Crippen molar-refractivity contribution in [3.05, 3.63) is 0 Å². The highest BCUT2D eigenvalue weighted by molar-refractivity contribution is 4.96. The molecule has 40 heavy (non-hydrogen) atoms. The Morgan fingerprint density at radius 3 is 1.85 bits per heavy atom. The van der Waals surface area contributed by atoms with Crippen LogP contribution in [0.5, 0.6) is 0 Å². The second-order valence-corrected chi connectivity index (χ2v) is 15.6. The zero-order chi connectivity index (χ0) is 28.5. The predicted molar refractivity (Wildman–Crippen MR) is 173 cm³/mol. The number of likely N-dealkylation sites (tertiary alicyclic amines) is 2. The van der Waals surface area contributed by atoms with Crippen LogP contribution >= 0.6 is 0 Å². The summed E-state index contributed by atoms with van der Waals surface area (Å²) in [6, 6.07) is 2.23. The highest BCUT2D eigenvalue weighted by Gasteiger charge is 2.41. The molecule has 234 valence electrons. The van der Waals surface area contributed by atoms with Crippen molar-refractivity contribution in [2.75, 3.05) is 72.0 Å². The van der Waals surface area contributed by atoms with Crippen LogP contribution in [0.15, 0.2) is 0 Å². The van der Waals surface area contributed by atoms with Crippen molar-refractivity contribution in [2.24, 2.45) is 23.2 Å². The van der Waals surface area contributed by atoms with E-state index in [0.29, 0.717) is 6.04 Å². The fourth-order valence-electron chi connectivity index (χ4n) is 8.36. The van der Waals surface area contributed by atoms with E-state index in [1.165, 1.54) is 136 Å². The SMILES string of the molecule is CC(C)C1CCC2(CC1)CCN(C1CN(C(C)C)C1)CC2.CC(C)NCCN1CCN(CC2CCCCC2)CC1. The summed E-state index contributed by atoms with van der Waals surface area (Å²) in [5, 5.41) is 3.51. The highest BCUT2D eigenvalue weighted by atomic mass is 15.3. The molecular weight excluding hydrogens is 490 g/mol. The molecule has 5 aliphatic rings. The number of piperidine rings is 1. The molecule has 0 unspecified atom stereocenters. The van der Waals surface area contributed by atoms with E-state index in [2.05, 4.69) is 66.5 Å². The first-order valence-corrected chi connectivity index (χ1v) is 17.9. The quantitative estimate of drug-likeness (QED) is 0.363. The van der Waals surface area contributed by atoms with Crippen LogP contribution in [0.2, 0.25) is 0 Å². The number of nitrogens with one attached hydrogen (secondary N) is 1. The van der Waals surface area contributed by atoms with Crippen molar-refractivity contribution in [1.29, 1.82) is 0 Å². The van der Waals surface area contributed by atoms with E-state index in [0.717, 1.165) is 41.8 Å². The molecule has 3 saturated heterocycles. The van der Waals surface area contributed by atoms with Crippen LogP contribution in [0, 0.1) is 23.2 Å². The number of rotatable bonds is 9. The van der Waals surface area contributed by atoms with E-state index in [1.807, 2.05) is 0 Å². The molecule has 0 bridgehead atoms. The Hall–Kier alpha value is -0.200. The van der Waals surface area contributed by atoms with Gasteiger partial charge in [-0.2, -0.15) is 0 Å². The third-order valence-electron chi connectivity index (χ3n) is 11.7. The van der Waals surface area contributed by atoms with E-state index in [4.69, 9.17) is 0 Å². The Morgan fingerprint density at radius 1 is 0.700 bits per heavy atom. The first-order valence-electron chi connectivity index (χ1n) is 17.9. The largest absolute Gasteiger partial charge is 0.313 e. The van der Waals surface area contributed by atoms with Gasteiger partial charge in [0, 0.05) is 77.0 Å². The van der Waals surface area contributed by atoms with E-state index < -0.39 is 0 Å². The molecule has 1 N–H and O–H groups in total. The molecule has 0 atom stereocenters. The standard InChI is InChI=1S/C19H36N2.C16H33N3/c1-15(2)17-5-7-19(8-6-17)9-11-20(12-10-19)18-13-21(14-18)16(3)4;1-15(2)17-8-9-18-10-12-19(13-11-18)14-16-6-4-3-5-7-16/h15-18H,5-14H2,1-4H3;15-17H,3-14H2,1-2H3. The molecule has 0 aromatic heterocycles. The molecular formula is C35H69N5. The van der Waals surface area contributed by atoms with Gasteiger partial charge >= 0.3 is 0 Å². The molecule has 5 nitrogen and oxygen atoms in total. The molecule has 5 fully saturated rings. The Balaban J connectivity index is 0.000000186. The second kappa shape index (κ2) is 16.0. The van der Waals surface area contributed by atoms with Crippen LogP contribution in [0.3, 0.4) is 0 Å². The summed E-state index contributed by atoms with van der Waals surface area (Å²) in [6.07, 6.45) is 16.4. The third kappa shape index (κ3) is 9.93. The van der Waals surface area contributed by atoms with Crippen LogP contribution in [0.25, 0.3) is 0 Å². The molecule has 1 spiro atoms. The summed E-state index contributed by atoms with van der Waals surface area (Å²) in [7, 11) is 0. The highest BCUT2D eigenvalue weighted by Crippen LogP contribution is 2.48. The van der Waals surface area contributed by atoms with Crippen molar-refractivity contribution in [1.82, 2.24) is 24.9 Å². The summed E-state index contributed by atoms with van der Waals surface area (Å²) < 4.78 is 0. The minimum Gasteiger partial charge on any atom is -0.313 e. The molecule has 2 saturated carbocycles. The van der Waals surface area contributed by atoms with E-state index in [-0.39, 0.29) is 0 Å². The average molecular weight is 560 g/mol. The van der Waals surface area contributed by atoms with E-state index >= 15 is 0 Å². The lowest BCUT2D eigenvalue weighted by atomic mass is 9.63. The fourth-order valence-corrected chi connectivity index (χ4v) is 8.36. The van der Waals surface area contributed by atoms with Crippen molar-refractivity contribution in [2.45, 2.75) is 130 Å². The summed E-state index contributed by atoms with van der Waals surface area (Å²) >= 11 is 0. The number of nitrogens with zero attached hydrogens (tertiary/aromatic N) is 4. The van der Waals surface area contributed by atoms with Crippen molar-refractivity contribution in [3.63, 3.8) is 0 Å². The van der Waals surface area contributed by atoms with Crippen LogP contribution in [0.4, 0.5) is 0 Å². The first kappa shape index (κ1) is 32.7. The van der Waals surface area contributed by atoms with Crippen LogP contribution in [-0.2, 0) is 0 Å². The smallest absolute Gasteiger partial charge is 0.0350 e. The average Bonchev–Trinajstić information content (AvgIpc) is 2.91. The lowest BCUT2D eigenvalue weighted by Crippen LogP contribution is -2.63. The van der Waals surface area contributed by atoms with Crippen molar-refractivity contribution < 1.29 is 0 Å². The molecule has 3 aliphatic heterocycles. The Labute approximate surface area is 250 Å². The number of hydrogen-bond acceptors (Lipinski definition) is 5. The maximum atomic E-state index is 3.51. The Kier molecular flexibility index (Phi) is 13.1. The zero-order valence-electron chi connectivity index (χ0n) is 27.8. The third-order valence-corrected chi connectivity index (χ3v) is 11.7.